The quantitative estimate of drug-likeness (QED) is 0.471. The molecule has 0 spiro atoms. The number of hydrogen-bond donors (Lipinski definition) is 0. The Bertz CT molecular complexity index is 563. The predicted octanol–water partition coefficient (Wildman–Crippen LogP) is -0.912. The van der Waals surface area contributed by atoms with Gasteiger partial charge in [-0.25, -0.2) is 12.8 Å². The number of hydrogen-bond acceptors (Lipinski definition) is 3. The first-order valence-electron chi connectivity index (χ1n) is 5.98. The molecule has 0 radical (unpaired) electrons. The van der Waals surface area contributed by atoms with Crippen molar-refractivity contribution in [3.8, 4) is 5.75 Å². The van der Waals surface area contributed by atoms with Gasteiger partial charge >= 0.3 is 58.4 Å². The number of halogens is 4. The summed E-state index contributed by atoms with van der Waals surface area (Å²) in [5.74, 6) is -1.79. The van der Waals surface area contributed by atoms with Crippen LogP contribution in [-0.4, -0.2) is 33.5 Å². The molecular weight excluding hydrogens is 338 g/mol. The van der Waals surface area contributed by atoms with Crippen molar-refractivity contribution in [3.63, 3.8) is 0 Å². The summed E-state index contributed by atoms with van der Waals surface area (Å²) >= 11 is 0. The van der Waals surface area contributed by atoms with Gasteiger partial charge < -0.3 is 17.7 Å². The van der Waals surface area contributed by atoms with Crippen molar-refractivity contribution in [1.82, 2.24) is 0 Å². The van der Waals surface area contributed by atoms with Crippen molar-refractivity contribution >= 4 is 22.3 Å². The molecule has 114 valence electrons. The van der Waals surface area contributed by atoms with Gasteiger partial charge in [0.2, 0.25) is 0 Å². The summed E-state index contributed by atoms with van der Waals surface area (Å²) in [4.78, 5) is 0. The van der Waals surface area contributed by atoms with Crippen molar-refractivity contribution in [2.24, 2.45) is 0 Å². The van der Waals surface area contributed by atoms with Crippen molar-refractivity contribution in [1.29, 1.82) is 0 Å². The van der Waals surface area contributed by atoms with E-state index in [9.17, 15) is 25.8 Å². The first-order chi connectivity index (χ1) is 9.15. The smallest absolute Gasteiger partial charge is 0.492 e. The third-order valence-corrected chi connectivity index (χ3v) is 4.32. The number of sulfone groups is 1. The molecule has 0 atom stereocenters. The summed E-state index contributed by atoms with van der Waals surface area (Å²) in [5, 5.41) is 0. The molecule has 0 aliphatic carbocycles. The van der Waals surface area contributed by atoms with Crippen LogP contribution >= 0.6 is 0 Å². The summed E-state index contributed by atoms with van der Waals surface area (Å²) in [6.45, 7) is -3.92. The zero-order valence-electron chi connectivity index (χ0n) is 11.8. The minimum absolute atomic E-state index is 0. The maximum absolute atomic E-state index is 13.2. The van der Waals surface area contributed by atoms with E-state index in [-0.39, 0.29) is 75.2 Å². The van der Waals surface area contributed by atoms with Crippen LogP contribution in [0.15, 0.2) is 18.2 Å². The molecule has 1 rings (SSSR count). The van der Waals surface area contributed by atoms with Gasteiger partial charge in [0, 0.05) is 6.07 Å². The van der Waals surface area contributed by atoms with Crippen molar-refractivity contribution in [3.05, 3.63) is 24.0 Å². The molecule has 0 aliphatic heterocycles. The number of ether oxygens (including phenoxy) is 1. The van der Waals surface area contributed by atoms with E-state index in [0.717, 1.165) is 6.07 Å². The molecule has 0 heterocycles. The Morgan fingerprint density at radius 1 is 1.19 bits per heavy atom. The minimum Gasteiger partial charge on any atom is -0.492 e. The molecule has 0 unspecified atom stereocenters. The SMILES string of the molecule is CCCS(=O)(=O)CCOc1ccc([B-](F)(F)F)c(F)c1.[K+]. The van der Waals surface area contributed by atoms with Crippen LogP contribution in [0.3, 0.4) is 0 Å². The van der Waals surface area contributed by atoms with Crippen LogP contribution in [-0.2, 0) is 9.84 Å². The molecule has 0 aliphatic rings. The second kappa shape index (κ2) is 8.88. The van der Waals surface area contributed by atoms with E-state index in [1.807, 2.05) is 0 Å². The van der Waals surface area contributed by atoms with Crippen LogP contribution in [0.25, 0.3) is 0 Å². The molecule has 10 heteroatoms. The van der Waals surface area contributed by atoms with Crippen LogP contribution < -0.4 is 61.6 Å². The predicted molar refractivity (Wildman–Crippen MR) is 69.6 cm³/mol. The van der Waals surface area contributed by atoms with Gasteiger partial charge in [0.25, 0.3) is 0 Å². The Labute approximate surface area is 163 Å². The maximum Gasteiger partial charge on any atom is 1.00 e. The fourth-order valence-corrected chi connectivity index (χ4v) is 2.73. The maximum atomic E-state index is 13.2. The summed E-state index contributed by atoms with van der Waals surface area (Å²) in [6, 6.07) is 2.17. The molecule has 0 amide bonds. The summed E-state index contributed by atoms with van der Waals surface area (Å²) in [5.41, 5.74) is -1.32. The van der Waals surface area contributed by atoms with Gasteiger partial charge in [0.05, 0.1) is 17.3 Å². The van der Waals surface area contributed by atoms with E-state index < -0.39 is 28.1 Å². The van der Waals surface area contributed by atoms with Gasteiger partial charge in [-0.1, -0.05) is 18.5 Å². The topological polar surface area (TPSA) is 43.4 Å². The monoisotopic (exact) mass is 352 g/mol. The molecule has 0 aromatic heterocycles. The Kier molecular flexibility index (Phi) is 9.04. The van der Waals surface area contributed by atoms with E-state index in [1.165, 1.54) is 0 Å². The van der Waals surface area contributed by atoms with Gasteiger partial charge in [-0.05, 0) is 12.5 Å². The molecule has 3 nitrogen and oxygen atoms in total. The van der Waals surface area contributed by atoms with Crippen LogP contribution in [0, 0.1) is 5.82 Å². The number of rotatable bonds is 7. The average Bonchev–Trinajstić information content (AvgIpc) is 2.26. The van der Waals surface area contributed by atoms with E-state index in [4.69, 9.17) is 4.74 Å². The van der Waals surface area contributed by atoms with Gasteiger partial charge in [-0.2, -0.15) is 0 Å². The molecule has 0 saturated carbocycles. The molecule has 1 aromatic carbocycles. The second-order valence-electron chi connectivity index (χ2n) is 4.26. The Morgan fingerprint density at radius 2 is 1.81 bits per heavy atom. The zero-order valence-corrected chi connectivity index (χ0v) is 15.7. The van der Waals surface area contributed by atoms with Crippen LogP contribution in [0.2, 0.25) is 0 Å². The third kappa shape index (κ3) is 7.47. The first-order valence-corrected chi connectivity index (χ1v) is 7.80. The Balaban J connectivity index is 0.00000400. The number of benzene rings is 1. The largest absolute Gasteiger partial charge is 1.00 e. The minimum atomic E-state index is -5.41. The van der Waals surface area contributed by atoms with Crippen LogP contribution in [0.4, 0.5) is 17.3 Å². The third-order valence-electron chi connectivity index (χ3n) is 2.50. The van der Waals surface area contributed by atoms with Crippen LogP contribution in [0.5, 0.6) is 5.75 Å². The molecule has 21 heavy (non-hydrogen) atoms. The fourth-order valence-electron chi connectivity index (χ4n) is 1.56. The van der Waals surface area contributed by atoms with E-state index in [0.29, 0.717) is 18.6 Å². The summed E-state index contributed by atoms with van der Waals surface area (Å²) < 4.78 is 78.1. The van der Waals surface area contributed by atoms with Crippen molar-refractivity contribution < 1.29 is 81.9 Å². The molecule has 0 saturated heterocycles. The molecular formula is C11H14BF4KO3S. The second-order valence-corrected chi connectivity index (χ2v) is 6.56. The Hall–Kier alpha value is 0.391. The zero-order chi connectivity index (χ0) is 15.4. The van der Waals surface area contributed by atoms with E-state index >= 15 is 0 Å². The molecule has 0 bridgehead atoms. The van der Waals surface area contributed by atoms with Gasteiger partial charge in [-0.3, -0.25) is 0 Å². The van der Waals surface area contributed by atoms with E-state index in [2.05, 4.69) is 0 Å². The Morgan fingerprint density at radius 3 is 2.29 bits per heavy atom. The standard InChI is InChI=1S/C11H14BF4O3S.K/c1-2-6-20(17,18)7-5-19-9-3-4-10(11(13)8-9)12(14,15)16;/h3-4,8H,2,5-7H2,1H3;/q-1;+1. The van der Waals surface area contributed by atoms with E-state index in [1.54, 1.807) is 6.92 Å². The van der Waals surface area contributed by atoms with Gasteiger partial charge in [-0.15, -0.1) is 0 Å². The molecule has 1 aromatic rings. The van der Waals surface area contributed by atoms with Gasteiger partial charge in [0.15, 0.2) is 9.84 Å². The van der Waals surface area contributed by atoms with Crippen LogP contribution in [0.1, 0.15) is 13.3 Å². The van der Waals surface area contributed by atoms with Crippen molar-refractivity contribution in [2.45, 2.75) is 13.3 Å². The normalized spacial score (nSPS) is 11.9. The van der Waals surface area contributed by atoms with Crippen molar-refractivity contribution in [2.75, 3.05) is 18.1 Å². The average molecular weight is 352 g/mol. The summed E-state index contributed by atoms with van der Waals surface area (Å²) in [7, 11) is -3.24. The fraction of sp³-hybridized carbons (Fsp3) is 0.455. The molecule has 0 fully saturated rings. The first kappa shape index (κ1) is 21.4. The molecule has 0 N–H and O–H groups in total. The summed E-state index contributed by atoms with van der Waals surface area (Å²) in [6.07, 6.45) is 0.472. The van der Waals surface area contributed by atoms with Gasteiger partial charge in [0.1, 0.15) is 12.4 Å².